The number of aromatic nitrogens is 2. The summed E-state index contributed by atoms with van der Waals surface area (Å²) in [6.07, 6.45) is 4.33. The zero-order valence-corrected chi connectivity index (χ0v) is 16.7. The van der Waals surface area contributed by atoms with Crippen LogP contribution in [0, 0.1) is 0 Å². The van der Waals surface area contributed by atoms with Gasteiger partial charge in [0.1, 0.15) is 0 Å². The van der Waals surface area contributed by atoms with Gasteiger partial charge >= 0.3 is 0 Å². The van der Waals surface area contributed by atoms with Crippen LogP contribution in [0.25, 0.3) is 22.5 Å². The SMILES string of the molecule is c1ccc(SCCCCn2cnc(-c3ccccc3)c2-c2ccccc2)cc1. The van der Waals surface area contributed by atoms with E-state index in [2.05, 4.69) is 89.5 Å². The van der Waals surface area contributed by atoms with Crippen LogP contribution in [0.4, 0.5) is 0 Å². The fourth-order valence-electron chi connectivity index (χ4n) is 3.35. The van der Waals surface area contributed by atoms with Gasteiger partial charge in [0.2, 0.25) is 0 Å². The summed E-state index contributed by atoms with van der Waals surface area (Å²) in [5, 5.41) is 0. The number of thioether (sulfide) groups is 1. The van der Waals surface area contributed by atoms with Gasteiger partial charge in [0.25, 0.3) is 0 Å². The maximum atomic E-state index is 4.77. The highest BCUT2D eigenvalue weighted by atomic mass is 32.2. The van der Waals surface area contributed by atoms with Crippen LogP contribution in [-0.2, 0) is 6.54 Å². The molecular formula is C25H24N2S. The zero-order chi connectivity index (χ0) is 19.0. The molecule has 140 valence electrons. The third kappa shape index (κ3) is 4.55. The lowest BCUT2D eigenvalue weighted by Gasteiger charge is -2.11. The molecule has 0 aliphatic heterocycles. The molecule has 0 aliphatic carbocycles. The van der Waals surface area contributed by atoms with E-state index in [4.69, 9.17) is 4.98 Å². The lowest BCUT2D eigenvalue weighted by molar-refractivity contribution is 0.639. The molecule has 0 atom stereocenters. The smallest absolute Gasteiger partial charge is 0.0963 e. The quantitative estimate of drug-likeness (QED) is 0.246. The molecule has 4 aromatic rings. The Hall–Kier alpha value is -2.78. The Labute approximate surface area is 171 Å². The summed E-state index contributed by atoms with van der Waals surface area (Å²) in [4.78, 5) is 6.12. The minimum absolute atomic E-state index is 0.986. The van der Waals surface area contributed by atoms with E-state index in [1.165, 1.54) is 28.1 Å². The van der Waals surface area contributed by atoms with E-state index in [9.17, 15) is 0 Å². The second kappa shape index (κ2) is 9.43. The van der Waals surface area contributed by atoms with Crippen molar-refractivity contribution in [1.82, 2.24) is 9.55 Å². The number of unbranched alkanes of at least 4 members (excludes halogenated alkanes) is 1. The summed E-state index contributed by atoms with van der Waals surface area (Å²) in [5.41, 5.74) is 4.66. The molecule has 0 spiro atoms. The molecule has 0 aliphatic rings. The van der Waals surface area contributed by atoms with E-state index in [1.54, 1.807) is 0 Å². The van der Waals surface area contributed by atoms with Crippen LogP contribution < -0.4 is 0 Å². The minimum Gasteiger partial charge on any atom is -0.330 e. The molecule has 0 radical (unpaired) electrons. The largest absolute Gasteiger partial charge is 0.330 e. The van der Waals surface area contributed by atoms with Crippen molar-refractivity contribution in [2.75, 3.05) is 5.75 Å². The number of hydrogen-bond acceptors (Lipinski definition) is 2. The van der Waals surface area contributed by atoms with Crippen molar-refractivity contribution >= 4 is 11.8 Å². The monoisotopic (exact) mass is 384 g/mol. The number of imidazole rings is 1. The van der Waals surface area contributed by atoms with Gasteiger partial charge in [-0.3, -0.25) is 0 Å². The summed E-state index contributed by atoms with van der Waals surface area (Å²) >= 11 is 1.93. The molecule has 0 saturated carbocycles. The molecule has 1 aromatic heterocycles. The normalized spacial score (nSPS) is 10.9. The fourth-order valence-corrected chi connectivity index (χ4v) is 4.28. The van der Waals surface area contributed by atoms with Crippen molar-refractivity contribution in [2.45, 2.75) is 24.3 Å². The number of nitrogens with zero attached hydrogens (tertiary/aromatic N) is 2. The molecule has 0 unspecified atom stereocenters. The van der Waals surface area contributed by atoms with Crippen LogP contribution in [0.5, 0.6) is 0 Å². The first-order valence-corrected chi connectivity index (χ1v) is 10.7. The van der Waals surface area contributed by atoms with Gasteiger partial charge in [0, 0.05) is 22.6 Å². The molecular weight excluding hydrogens is 360 g/mol. The van der Waals surface area contributed by atoms with Gasteiger partial charge in [0.05, 0.1) is 17.7 Å². The van der Waals surface area contributed by atoms with Crippen LogP contribution in [-0.4, -0.2) is 15.3 Å². The summed E-state index contributed by atoms with van der Waals surface area (Å²) in [5.74, 6) is 1.14. The topological polar surface area (TPSA) is 17.8 Å². The van der Waals surface area contributed by atoms with Crippen molar-refractivity contribution in [2.24, 2.45) is 0 Å². The van der Waals surface area contributed by atoms with E-state index in [0.717, 1.165) is 24.4 Å². The van der Waals surface area contributed by atoms with Crippen molar-refractivity contribution in [1.29, 1.82) is 0 Å². The van der Waals surface area contributed by atoms with E-state index < -0.39 is 0 Å². The first kappa shape index (κ1) is 18.6. The van der Waals surface area contributed by atoms with Crippen molar-refractivity contribution in [3.05, 3.63) is 97.3 Å². The van der Waals surface area contributed by atoms with Gasteiger partial charge in [-0.15, -0.1) is 11.8 Å². The molecule has 0 saturated heterocycles. The lowest BCUT2D eigenvalue weighted by atomic mass is 10.0. The third-order valence-electron chi connectivity index (χ3n) is 4.74. The molecule has 0 N–H and O–H groups in total. The van der Waals surface area contributed by atoms with Crippen molar-refractivity contribution < 1.29 is 0 Å². The summed E-state index contributed by atoms with van der Waals surface area (Å²) in [7, 11) is 0. The first-order chi connectivity index (χ1) is 13.9. The highest BCUT2D eigenvalue weighted by Gasteiger charge is 2.14. The average molecular weight is 385 g/mol. The predicted octanol–water partition coefficient (Wildman–Crippen LogP) is 6.79. The molecule has 3 aromatic carbocycles. The zero-order valence-electron chi connectivity index (χ0n) is 15.9. The molecule has 1 heterocycles. The van der Waals surface area contributed by atoms with Crippen LogP contribution in [0.1, 0.15) is 12.8 Å². The maximum Gasteiger partial charge on any atom is 0.0963 e. The Morgan fingerprint density at radius 3 is 1.96 bits per heavy atom. The fraction of sp³-hybridized carbons (Fsp3) is 0.160. The Balaban J connectivity index is 1.47. The molecule has 2 nitrogen and oxygen atoms in total. The van der Waals surface area contributed by atoms with Gasteiger partial charge in [-0.2, -0.15) is 0 Å². The van der Waals surface area contributed by atoms with Crippen LogP contribution >= 0.6 is 11.8 Å². The molecule has 0 bridgehead atoms. The van der Waals surface area contributed by atoms with Gasteiger partial charge in [-0.1, -0.05) is 78.9 Å². The molecule has 3 heteroatoms. The van der Waals surface area contributed by atoms with E-state index >= 15 is 0 Å². The molecule has 0 fully saturated rings. The Morgan fingerprint density at radius 2 is 1.29 bits per heavy atom. The van der Waals surface area contributed by atoms with Gasteiger partial charge in [-0.05, 0) is 30.7 Å². The van der Waals surface area contributed by atoms with E-state index in [0.29, 0.717) is 0 Å². The standard InChI is InChI=1S/C25H24N2S/c1-4-12-21(13-5-1)24-25(22-14-6-2-7-15-22)27(20-26-24)18-10-11-19-28-23-16-8-3-9-17-23/h1-9,12-17,20H,10-11,18-19H2. The van der Waals surface area contributed by atoms with Crippen molar-refractivity contribution in [3.8, 4) is 22.5 Å². The number of aryl methyl sites for hydroxylation is 1. The summed E-state index contributed by atoms with van der Waals surface area (Å²) in [6, 6.07) is 31.7. The second-order valence-electron chi connectivity index (χ2n) is 6.74. The first-order valence-electron chi connectivity index (χ1n) is 9.75. The predicted molar refractivity (Wildman–Crippen MR) is 119 cm³/mol. The Bertz CT molecular complexity index is 979. The Kier molecular flexibility index (Phi) is 6.25. The lowest BCUT2D eigenvalue weighted by Crippen LogP contribution is -2.00. The van der Waals surface area contributed by atoms with Crippen LogP contribution in [0.2, 0.25) is 0 Å². The minimum atomic E-state index is 0.986. The van der Waals surface area contributed by atoms with Crippen LogP contribution in [0.15, 0.2) is 102 Å². The highest BCUT2D eigenvalue weighted by molar-refractivity contribution is 7.99. The number of hydrogen-bond donors (Lipinski definition) is 0. The van der Waals surface area contributed by atoms with Crippen molar-refractivity contribution in [3.63, 3.8) is 0 Å². The van der Waals surface area contributed by atoms with Gasteiger partial charge in [0.15, 0.2) is 0 Å². The second-order valence-corrected chi connectivity index (χ2v) is 7.90. The third-order valence-corrected chi connectivity index (χ3v) is 5.84. The van der Waals surface area contributed by atoms with Gasteiger partial charge < -0.3 is 4.57 Å². The summed E-state index contributed by atoms with van der Waals surface area (Å²) in [6.45, 7) is 0.986. The highest BCUT2D eigenvalue weighted by Crippen LogP contribution is 2.31. The van der Waals surface area contributed by atoms with Crippen LogP contribution in [0.3, 0.4) is 0 Å². The van der Waals surface area contributed by atoms with E-state index in [1.807, 2.05) is 24.2 Å². The number of rotatable bonds is 8. The number of benzene rings is 3. The average Bonchev–Trinajstić information content (AvgIpc) is 3.19. The van der Waals surface area contributed by atoms with E-state index in [-0.39, 0.29) is 0 Å². The summed E-state index contributed by atoms with van der Waals surface area (Å²) < 4.78 is 2.31. The molecule has 0 amide bonds. The molecule has 4 rings (SSSR count). The maximum absolute atomic E-state index is 4.77. The van der Waals surface area contributed by atoms with Gasteiger partial charge in [-0.25, -0.2) is 4.98 Å². The molecule has 28 heavy (non-hydrogen) atoms. The Morgan fingerprint density at radius 1 is 0.679 bits per heavy atom.